The molecule has 8 nitrogen and oxygen atoms in total. The van der Waals surface area contributed by atoms with Crippen LogP contribution in [-0.2, 0) is 4.74 Å². The Morgan fingerprint density at radius 2 is 1.65 bits per heavy atom. The van der Waals surface area contributed by atoms with Crippen LogP contribution < -0.4 is 19.5 Å². The minimum atomic E-state index is -0.304. The Morgan fingerprint density at radius 1 is 1.08 bits per heavy atom. The van der Waals surface area contributed by atoms with Gasteiger partial charge in [-0.2, -0.15) is 0 Å². The molecule has 0 saturated carbocycles. The maximum absolute atomic E-state index is 12.6. The molecule has 144 valence electrons. The molecule has 1 aliphatic heterocycles. The molecule has 1 saturated heterocycles. The number of carbonyl (C=O) groups is 2. The third kappa shape index (κ3) is 4.50. The van der Waals surface area contributed by atoms with E-state index in [1.54, 1.807) is 24.0 Å². The predicted molar refractivity (Wildman–Crippen MR) is 95.2 cm³/mol. The van der Waals surface area contributed by atoms with E-state index in [9.17, 15) is 9.59 Å². The molecule has 1 aliphatic rings. The second-order valence-corrected chi connectivity index (χ2v) is 5.85. The summed E-state index contributed by atoms with van der Waals surface area (Å²) >= 11 is 0. The molecule has 2 amide bonds. The van der Waals surface area contributed by atoms with Crippen molar-refractivity contribution in [1.82, 2.24) is 10.2 Å². The first kappa shape index (κ1) is 19.7. The second kappa shape index (κ2) is 9.17. The van der Waals surface area contributed by atoms with Crippen molar-refractivity contribution in [1.29, 1.82) is 0 Å². The summed E-state index contributed by atoms with van der Waals surface area (Å²) < 4.78 is 20.8. The van der Waals surface area contributed by atoms with Crippen LogP contribution in [-0.4, -0.2) is 64.0 Å². The van der Waals surface area contributed by atoms with Crippen molar-refractivity contribution in [3.8, 4) is 17.2 Å². The van der Waals surface area contributed by atoms with Crippen LogP contribution in [0.15, 0.2) is 12.1 Å². The first-order valence-corrected chi connectivity index (χ1v) is 8.56. The van der Waals surface area contributed by atoms with Crippen molar-refractivity contribution in [3.63, 3.8) is 0 Å². The van der Waals surface area contributed by atoms with Gasteiger partial charge in [0.2, 0.25) is 5.75 Å². The molecule has 0 atom stereocenters. The van der Waals surface area contributed by atoms with Crippen molar-refractivity contribution < 1.29 is 28.5 Å². The largest absolute Gasteiger partial charge is 0.493 e. The summed E-state index contributed by atoms with van der Waals surface area (Å²) in [5.74, 6) is 1.07. The van der Waals surface area contributed by atoms with Crippen molar-refractivity contribution in [2.75, 3.05) is 41.0 Å². The monoisotopic (exact) mass is 366 g/mol. The van der Waals surface area contributed by atoms with E-state index in [-0.39, 0.29) is 18.0 Å². The van der Waals surface area contributed by atoms with Gasteiger partial charge in [0.25, 0.3) is 5.91 Å². The molecule has 1 aromatic carbocycles. The fourth-order valence-electron chi connectivity index (χ4n) is 2.90. The maximum Gasteiger partial charge on any atom is 0.409 e. The second-order valence-electron chi connectivity index (χ2n) is 5.85. The molecular weight excluding hydrogens is 340 g/mol. The molecule has 8 heteroatoms. The topological polar surface area (TPSA) is 86.3 Å². The van der Waals surface area contributed by atoms with Crippen molar-refractivity contribution in [2.45, 2.75) is 25.8 Å². The van der Waals surface area contributed by atoms with E-state index in [0.29, 0.717) is 55.4 Å². The van der Waals surface area contributed by atoms with Crippen molar-refractivity contribution in [3.05, 3.63) is 17.7 Å². The summed E-state index contributed by atoms with van der Waals surface area (Å²) in [6.07, 6.45) is 1.05. The summed E-state index contributed by atoms with van der Waals surface area (Å²) in [7, 11) is 4.52. The van der Waals surface area contributed by atoms with Gasteiger partial charge < -0.3 is 29.2 Å². The zero-order chi connectivity index (χ0) is 19.1. The lowest BCUT2D eigenvalue weighted by molar-refractivity contribution is 0.0859. The van der Waals surface area contributed by atoms with Crippen LogP contribution in [0, 0.1) is 0 Å². The van der Waals surface area contributed by atoms with Crippen LogP contribution in [0.1, 0.15) is 30.1 Å². The third-order valence-corrected chi connectivity index (χ3v) is 4.28. The number of ether oxygens (including phenoxy) is 4. The number of rotatable bonds is 6. The molecule has 1 heterocycles. The summed E-state index contributed by atoms with van der Waals surface area (Å²) in [6.45, 7) is 3.25. The Balaban J connectivity index is 2.01. The molecule has 0 bridgehead atoms. The summed E-state index contributed by atoms with van der Waals surface area (Å²) in [4.78, 5) is 26.0. The van der Waals surface area contributed by atoms with Gasteiger partial charge in [0.15, 0.2) is 11.5 Å². The first-order chi connectivity index (χ1) is 12.5. The lowest BCUT2D eigenvalue weighted by atomic mass is 10.0. The number of nitrogens with zero attached hydrogens (tertiary/aromatic N) is 1. The number of carbonyl (C=O) groups excluding carboxylic acids is 2. The number of piperidine rings is 1. The number of amides is 2. The van der Waals surface area contributed by atoms with Crippen LogP contribution in [0.4, 0.5) is 4.79 Å². The summed E-state index contributed by atoms with van der Waals surface area (Å²) in [5, 5.41) is 3.00. The van der Waals surface area contributed by atoms with Gasteiger partial charge in [-0.3, -0.25) is 4.79 Å². The zero-order valence-corrected chi connectivity index (χ0v) is 15.7. The molecule has 26 heavy (non-hydrogen) atoms. The molecular formula is C18H26N2O6. The third-order valence-electron chi connectivity index (χ3n) is 4.28. The quantitative estimate of drug-likeness (QED) is 0.829. The predicted octanol–water partition coefficient (Wildman–Crippen LogP) is 2.06. The first-order valence-electron chi connectivity index (χ1n) is 8.56. The van der Waals surface area contributed by atoms with Gasteiger partial charge in [0, 0.05) is 24.7 Å². The van der Waals surface area contributed by atoms with Crippen LogP contribution in [0.3, 0.4) is 0 Å². The molecule has 0 aromatic heterocycles. The molecule has 0 radical (unpaired) electrons. The van der Waals surface area contributed by atoms with E-state index in [0.717, 1.165) is 0 Å². The Bertz CT molecular complexity index is 616. The maximum atomic E-state index is 12.6. The van der Waals surface area contributed by atoms with E-state index in [1.807, 2.05) is 0 Å². The van der Waals surface area contributed by atoms with E-state index in [4.69, 9.17) is 18.9 Å². The van der Waals surface area contributed by atoms with E-state index in [1.165, 1.54) is 21.3 Å². The average Bonchev–Trinajstić information content (AvgIpc) is 2.67. The lowest BCUT2D eigenvalue weighted by Crippen LogP contribution is -2.46. The Kier molecular flexibility index (Phi) is 6.94. The Labute approximate surface area is 153 Å². The summed E-state index contributed by atoms with van der Waals surface area (Å²) in [5.41, 5.74) is 0.423. The van der Waals surface area contributed by atoms with Crippen LogP contribution in [0.25, 0.3) is 0 Å². The van der Waals surface area contributed by atoms with Gasteiger partial charge in [-0.25, -0.2) is 4.79 Å². The number of methoxy groups -OCH3 is 3. The zero-order valence-electron chi connectivity index (χ0n) is 15.7. The molecule has 0 aliphatic carbocycles. The molecule has 0 spiro atoms. The molecule has 1 N–H and O–H groups in total. The number of hydrogen-bond donors (Lipinski definition) is 1. The van der Waals surface area contributed by atoms with Crippen LogP contribution in [0.5, 0.6) is 17.2 Å². The van der Waals surface area contributed by atoms with E-state index >= 15 is 0 Å². The van der Waals surface area contributed by atoms with Gasteiger partial charge in [0.1, 0.15) is 0 Å². The molecule has 0 unspecified atom stereocenters. The lowest BCUT2D eigenvalue weighted by Gasteiger charge is -2.31. The smallest absolute Gasteiger partial charge is 0.409 e. The number of likely N-dealkylation sites (tertiary alicyclic amines) is 1. The highest BCUT2D eigenvalue weighted by Crippen LogP contribution is 2.38. The number of benzene rings is 1. The fraction of sp³-hybridized carbons (Fsp3) is 0.556. The van der Waals surface area contributed by atoms with Gasteiger partial charge in [0.05, 0.1) is 27.9 Å². The fourth-order valence-corrected chi connectivity index (χ4v) is 2.90. The number of nitrogens with one attached hydrogen (secondary N) is 1. The Hall–Kier alpha value is -2.64. The highest BCUT2D eigenvalue weighted by Gasteiger charge is 2.25. The molecule has 1 aromatic rings. The van der Waals surface area contributed by atoms with Gasteiger partial charge in [-0.05, 0) is 31.9 Å². The highest BCUT2D eigenvalue weighted by molar-refractivity contribution is 5.95. The van der Waals surface area contributed by atoms with Crippen LogP contribution in [0.2, 0.25) is 0 Å². The van der Waals surface area contributed by atoms with Gasteiger partial charge in [-0.1, -0.05) is 0 Å². The van der Waals surface area contributed by atoms with Crippen molar-refractivity contribution in [2.24, 2.45) is 0 Å². The minimum Gasteiger partial charge on any atom is -0.493 e. The minimum absolute atomic E-state index is 0.00716. The molecule has 2 rings (SSSR count). The SMILES string of the molecule is CCOC(=O)N1CCC(NC(=O)c2cc(OC)c(OC)c(OC)c2)CC1. The standard InChI is InChI=1S/C18H26N2O6/c1-5-26-18(22)20-8-6-13(7-9-20)19-17(21)12-10-14(23-2)16(25-4)15(11-12)24-3/h10-11,13H,5-9H2,1-4H3,(H,19,21). The Morgan fingerprint density at radius 3 is 2.12 bits per heavy atom. The average molecular weight is 366 g/mol. The van der Waals surface area contributed by atoms with Gasteiger partial charge >= 0.3 is 6.09 Å². The molecule has 1 fully saturated rings. The van der Waals surface area contributed by atoms with E-state index < -0.39 is 0 Å². The number of hydrogen-bond acceptors (Lipinski definition) is 6. The highest BCUT2D eigenvalue weighted by atomic mass is 16.6. The normalized spacial score (nSPS) is 14.5. The van der Waals surface area contributed by atoms with Gasteiger partial charge in [-0.15, -0.1) is 0 Å². The summed E-state index contributed by atoms with van der Waals surface area (Å²) in [6, 6.07) is 3.22. The van der Waals surface area contributed by atoms with E-state index in [2.05, 4.69) is 5.32 Å². The van der Waals surface area contributed by atoms with Crippen molar-refractivity contribution >= 4 is 12.0 Å². The van der Waals surface area contributed by atoms with Crippen LogP contribution >= 0.6 is 0 Å².